The molecule has 1 unspecified atom stereocenters. The first-order valence-corrected chi connectivity index (χ1v) is 9.20. The Morgan fingerprint density at radius 2 is 2.00 bits per heavy atom. The summed E-state index contributed by atoms with van der Waals surface area (Å²) < 4.78 is 26.5. The predicted molar refractivity (Wildman–Crippen MR) is 83.5 cm³/mol. The molecule has 120 valence electrons. The molecule has 20 heavy (non-hydrogen) atoms. The van der Waals surface area contributed by atoms with Crippen molar-refractivity contribution in [2.75, 3.05) is 58.6 Å². The standard InChI is InChI=1S/C13H30N4O2S/c1-4-13(2)16(3)8-7-15-20(18,19)12-11-17-9-5-14-6-10-17/h13-15H,4-12H2,1-3H3. The van der Waals surface area contributed by atoms with Crippen LogP contribution in [0.5, 0.6) is 0 Å². The Morgan fingerprint density at radius 1 is 1.35 bits per heavy atom. The number of hydrogen-bond donors (Lipinski definition) is 2. The molecule has 1 rings (SSSR count). The van der Waals surface area contributed by atoms with Gasteiger partial charge in [0.05, 0.1) is 5.75 Å². The van der Waals surface area contributed by atoms with Crippen LogP contribution in [0.4, 0.5) is 0 Å². The van der Waals surface area contributed by atoms with Gasteiger partial charge in [0.1, 0.15) is 0 Å². The lowest BCUT2D eigenvalue weighted by molar-refractivity contribution is 0.252. The normalized spacial score (nSPS) is 19.4. The van der Waals surface area contributed by atoms with E-state index in [1.54, 1.807) is 0 Å². The number of nitrogens with zero attached hydrogens (tertiary/aromatic N) is 2. The largest absolute Gasteiger partial charge is 0.314 e. The van der Waals surface area contributed by atoms with Crippen LogP contribution in [0, 0.1) is 0 Å². The molecule has 1 heterocycles. The van der Waals surface area contributed by atoms with E-state index in [1.165, 1.54) is 0 Å². The van der Waals surface area contributed by atoms with E-state index in [9.17, 15) is 8.42 Å². The fourth-order valence-corrected chi connectivity index (χ4v) is 3.21. The molecular formula is C13H30N4O2S. The molecule has 7 heteroatoms. The van der Waals surface area contributed by atoms with Crippen LogP contribution in [0.3, 0.4) is 0 Å². The Bertz CT molecular complexity index is 355. The van der Waals surface area contributed by atoms with Gasteiger partial charge in [-0.3, -0.25) is 4.90 Å². The van der Waals surface area contributed by atoms with Gasteiger partial charge in [-0.2, -0.15) is 0 Å². The van der Waals surface area contributed by atoms with Crippen LogP contribution in [-0.4, -0.2) is 82.9 Å². The Kier molecular flexibility index (Phi) is 7.98. The molecule has 2 N–H and O–H groups in total. The number of piperazine rings is 1. The van der Waals surface area contributed by atoms with Gasteiger partial charge in [-0.25, -0.2) is 13.1 Å². The number of hydrogen-bond acceptors (Lipinski definition) is 5. The first-order valence-electron chi connectivity index (χ1n) is 7.55. The van der Waals surface area contributed by atoms with Gasteiger partial charge in [-0.05, 0) is 20.4 Å². The highest BCUT2D eigenvalue weighted by Gasteiger charge is 2.15. The Balaban J connectivity index is 2.20. The third-order valence-electron chi connectivity index (χ3n) is 4.02. The number of nitrogens with one attached hydrogen (secondary N) is 2. The smallest absolute Gasteiger partial charge is 0.212 e. The first-order chi connectivity index (χ1) is 9.44. The molecule has 1 atom stereocenters. The zero-order valence-corrected chi connectivity index (χ0v) is 13.9. The predicted octanol–water partition coefficient (Wildman–Crippen LogP) is -0.459. The molecule has 6 nitrogen and oxygen atoms in total. The van der Waals surface area contributed by atoms with Crippen molar-refractivity contribution < 1.29 is 8.42 Å². The van der Waals surface area contributed by atoms with Crippen molar-refractivity contribution in [2.24, 2.45) is 0 Å². The average Bonchev–Trinajstić information content (AvgIpc) is 2.45. The second-order valence-corrected chi connectivity index (χ2v) is 7.47. The Labute approximate surface area is 123 Å². The maximum Gasteiger partial charge on any atom is 0.212 e. The zero-order chi connectivity index (χ0) is 15.0. The van der Waals surface area contributed by atoms with Crippen LogP contribution in [0.25, 0.3) is 0 Å². The minimum absolute atomic E-state index is 0.194. The van der Waals surface area contributed by atoms with E-state index in [0.29, 0.717) is 19.1 Å². The molecule has 1 saturated heterocycles. The third-order valence-corrected chi connectivity index (χ3v) is 5.38. The number of likely N-dealkylation sites (N-methyl/N-ethyl adjacent to an activating group) is 1. The molecule has 0 bridgehead atoms. The molecule has 1 fully saturated rings. The molecule has 0 amide bonds. The molecule has 0 saturated carbocycles. The minimum Gasteiger partial charge on any atom is -0.314 e. The molecule has 1 aliphatic rings. The van der Waals surface area contributed by atoms with Gasteiger partial charge in [0.2, 0.25) is 10.0 Å². The van der Waals surface area contributed by atoms with Crippen LogP contribution >= 0.6 is 0 Å². The molecule has 1 aliphatic heterocycles. The monoisotopic (exact) mass is 306 g/mol. The number of sulfonamides is 1. The second-order valence-electron chi connectivity index (χ2n) is 5.54. The summed E-state index contributed by atoms with van der Waals surface area (Å²) in [5.74, 6) is 0.194. The summed E-state index contributed by atoms with van der Waals surface area (Å²) in [6.45, 7) is 9.93. The molecule has 0 radical (unpaired) electrons. The van der Waals surface area contributed by atoms with Gasteiger partial charge in [0, 0.05) is 51.9 Å². The highest BCUT2D eigenvalue weighted by atomic mass is 32.2. The minimum atomic E-state index is -3.15. The van der Waals surface area contributed by atoms with Crippen molar-refractivity contribution in [3.8, 4) is 0 Å². The van der Waals surface area contributed by atoms with Crippen LogP contribution in [0.1, 0.15) is 20.3 Å². The second kappa shape index (κ2) is 8.94. The molecular weight excluding hydrogens is 276 g/mol. The fourth-order valence-electron chi connectivity index (χ4n) is 2.17. The summed E-state index contributed by atoms with van der Waals surface area (Å²) in [5, 5.41) is 3.26. The third kappa shape index (κ3) is 6.99. The summed E-state index contributed by atoms with van der Waals surface area (Å²) >= 11 is 0. The van der Waals surface area contributed by atoms with Crippen LogP contribution < -0.4 is 10.0 Å². The average molecular weight is 306 g/mol. The molecule has 0 aromatic heterocycles. The van der Waals surface area contributed by atoms with Gasteiger partial charge in [0.25, 0.3) is 0 Å². The molecule has 0 aromatic rings. The maximum atomic E-state index is 11.9. The van der Waals surface area contributed by atoms with E-state index in [1.807, 2.05) is 7.05 Å². The van der Waals surface area contributed by atoms with E-state index in [-0.39, 0.29) is 5.75 Å². The van der Waals surface area contributed by atoms with Crippen molar-refractivity contribution in [3.05, 3.63) is 0 Å². The van der Waals surface area contributed by atoms with Crippen molar-refractivity contribution in [2.45, 2.75) is 26.3 Å². The molecule has 0 spiro atoms. The van der Waals surface area contributed by atoms with Crippen LogP contribution in [0.2, 0.25) is 0 Å². The lowest BCUT2D eigenvalue weighted by atomic mass is 10.2. The van der Waals surface area contributed by atoms with Gasteiger partial charge >= 0.3 is 0 Å². The maximum absolute atomic E-state index is 11.9. The van der Waals surface area contributed by atoms with Gasteiger partial charge in [0.15, 0.2) is 0 Å². The van der Waals surface area contributed by atoms with E-state index in [2.05, 4.69) is 33.7 Å². The van der Waals surface area contributed by atoms with Crippen molar-refractivity contribution >= 4 is 10.0 Å². The fraction of sp³-hybridized carbons (Fsp3) is 1.00. The van der Waals surface area contributed by atoms with E-state index < -0.39 is 10.0 Å². The van der Waals surface area contributed by atoms with Crippen molar-refractivity contribution in [3.63, 3.8) is 0 Å². The lowest BCUT2D eigenvalue weighted by Crippen LogP contribution is -2.46. The summed E-state index contributed by atoms with van der Waals surface area (Å²) in [5.41, 5.74) is 0. The van der Waals surface area contributed by atoms with Crippen LogP contribution in [0.15, 0.2) is 0 Å². The highest BCUT2D eigenvalue weighted by molar-refractivity contribution is 7.89. The molecule has 0 aromatic carbocycles. The summed E-state index contributed by atoms with van der Waals surface area (Å²) in [7, 11) is -1.12. The van der Waals surface area contributed by atoms with Crippen molar-refractivity contribution in [1.82, 2.24) is 19.8 Å². The number of rotatable bonds is 9. The summed E-state index contributed by atoms with van der Waals surface area (Å²) in [6.07, 6.45) is 1.08. The quantitative estimate of drug-likeness (QED) is 0.604. The topological polar surface area (TPSA) is 64.7 Å². The highest BCUT2D eigenvalue weighted by Crippen LogP contribution is 1.99. The van der Waals surface area contributed by atoms with E-state index in [4.69, 9.17) is 0 Å². The summed E-state index contributed by atoms with van der Waals surface area (Å²) in [4.78, 5) is 4.37. The van der Waals surface area contributed by atoms with Gasteiger partial charge < -0.3 is 10.2 Å². The van der Waals surface area contributed by atoms with Crippen molar-refractivity contribution in [1.29, 1.82) is 0 Å². The molecule has 0 aliphatic carbocycles. The Hall–Kier alpha value is -0.210. The summed E-state index contributed by atoms with van der Waals surface area (Å²) in [6, 6.07) is 0.486. The first kappa shape index (κ1) is 17.8. The lowest BCUT2D eigenvalue weighted by Gasteiger charge is -2.27. The van der Waals surface area contributed by atoms with Gasteiger partial charge in [-0.15, -0.1) is 0 Å². The van der Waals surface area contributed by atoms with Crippen LogP contribution in [-0.2, 0) is 10.0 Å². The zero-order valence-electron chi connectivity index (χ0n) is 13.1. The Morgan fingerprint density at radius 3 is 2.60 bits per heavy atom. The SMILES string of the molecule is CCC(C)N(C)CCNS(=O)(=O)CCN1CCNCC1. The van der Waals surface area contributed by atoms with E-state index in [0.717, 1.165) is 39.1 Å². The van der Waals surface area contributed by atoms with Gasteiger partial charge in [-0.1, -0.05) is 6.92 Å². The van der Waals surface area contributed by atoms with E-state index >= 15 is 0 Å².